The van der Waals surface area contributed by atoms with Crippen molar-refractivity contribution < 1.29 is 14.3 Å². The van der Waals surface area contributed by atoms with Crippen molar-refractivity contribution in [1.82, 2.24) is 9.97 Å². The van der Waals surface area contributed by atoms with Gasteiger partial charge in [-0.25, -0.2) is 4.79 Å². The van der Waals surface area contributed by atoms with E-state index in [1.54, 1.807) is 48.7 Å². The summed E-state index contributed by atoms with van der Waals surface area (Å²) in [5.41, 5.74) is 2.52. The zero-order valence-corrected chi connectivity index (χ0v) is 13.8. The summed E-state index contributed by atoms with van der Waals surface area (Å²) in [4.78, 5) is 32.7. The third-order valence-electron chi connectivity index (χ3n) is 3.64. The minimum Gasteiger partial charge on any atom is -0.449 e. The van der Waals surface area contributed by atoms with Crippen molar-refractivity contribution >= 4 is 28.6 Å². The summed E-state index contributed by atoms with van der Waals surface area (Å²) < 4.78 is 5.21. The number of hydrogen-bond acceptors (Lipinski definition) is 6. The SMILES string of the molecule is C[C@H](OC(=O)c1ccc2nccnc2c1)C(=O)Nc1ccc(C#N)cc1. The molecular formula is C19H14N4O3. The Bertz CT molecular complexity index is 1010. The van der Waals surface area contributed by atoms with E-state index in [0.29, 0.717) is 22.3 Å². The number of anilines is 1. The molecule has 2 aromatic carbocycles. The van der Waals surface area contributed by atoms with Crippen LogP contribution in [0.15, 0.2) is 54.9 Å². The van der Waals surface area contributed by atoms with E-state index >= 15 is 0 Å². The lowest BCUT2D eigenvalue weighted by Gasteiger charge is -2.13. The third kappa shape index (κ3) is 3.82. The van der Waals surface area contributed by atoms with Crippen LogP contribution in [0.4, 0.5) is 5.69 Å². The van der Waals surface area contributed by atoms with Crippen LogP contribution in [-0.2, 0) is 9.53 Å². The van der Waals surface area contributed by atoms with Gasteiger partial charge in [-0.05, 0) is 49.4 Å². The van der Waals surface area contributed by atoms with E-state index in [1.165, 1.54) is 13.1 Å². The van der Waals surface area contributed by atoms with Crippen LogP contribution in [0.25, 0.3) is 11.0 Å². The van der Waals surface area contributed by atoms with Crippen LogP contribution in [0.1, 0.15) is 22.8 Å². The first-order valence-electron chi connectivity index (χ1n) is 7.79. The Morgan fingerprint density at radius 1 is 1.08 bits per heavy atom. The Morgan fingerprint density at radius 2 is 1.77 bits per heavy atom. The molecule has 0 spiro atoms. The lowest BCUT2D eigenvalue weighted by Crippen LogP contribution is -2.30. The van der Waals surface area contributed by atoms with Gasteiger partial charge in [0.2, 0.25) is 0 Å². The highest BCUT2D eigenvalue weighted by Crippen LogP contribution is 2.14. The number of carbonyl (C=O) groups excluding carboxylic acids is 2. The molecular weight excluding hydrogens is 332 g/mol. The fourth-order valence-electron chi connectivity index (χ4n) is 2.24. The second kappa shape index (κ2) is 7.40. The molecule has 1 heterocycles. The van der Waals surface area contributed by atoms with Gasteiger partial charge in [-0.2, -0.15) is 5.26 Å². The maximum absolute atomic E-state index is 12.3. The summed E-state index contributed by atoms with van der Waals surface area (Å²) in [5.74, 6) is -1.09. The molecule has 1 amide bonds. The monoisotopic (exact) mass is 346 g/mol. The van der Waals surface area contributed by atoms with Crippen molar-refractivity contribution in [3.63, 3.8) is 0 Å². The van der Waals surface area contributed by atoms with Gasteiger partial charge in [0, 0.05) is 18.1 Å². The standard InChI is InChI=1S/C19H14N4O3/c1-12(18(24)23-15-5-2-13(11-20)3-6-15)26-19(25)14-4-7-16-17(10-14)22-9-8-21-16/h2-10,12H,1H3,(H,23,24)/t12-/m0/s1. The average Bonchev–Trinajstić information content (AvgIpc) is 2.68. The molecule has 7 nitrogen and oxygen atoms in total. The summed E-state index contributed by atoms with van der Waals surface area (Å²) in [6.45, 7) is 1.48. The maximum atomic E-state index is 12.3. The quantitative estimate of drug-likeness (QED) is 0.728. The summed E-state index contributed by atoms with van der Waals surface area (Å²) in [6, 6.07) is 13.2. The predicted octanol–water partition coefficient (Wildman–Crippen LogP) is 2.69. The Labute approximate surface area is 149 Å². The molecule has 1 aromatic heterocycles. The number of aromatic nitrogens is 2. The van der Waals surface area contributed by atoms with E-state index in [-0.39, 0.29) is 5.56 Å². The normalized spacial score (nSPS) is 11.4. The smallest absolute Gasteiger partial charge is 0.338 e. The van der Waals surface area contributed by atoms with E-state index < -0.39 is 18.0 Å². The Balaban J connectivity index is 1.65. The number of esters is 1. The molecule has 3 rings (SSSR count). The number of ether oxygens (including phenoxy) is 1. The van der Waals surface area contributed by atoms with E-state index in [9.17, 15) is 9.59 Å². The molecule has 0 bridgehead atoms. The zero-order chi connectivity index (χ0) is 18.5. The Morgan fingerprint density at radius 3 is 2.46 bits per heavy atom. The first kappa shape index (κ1) is 17.0. The first-order valence-corrected chi connectivity index (χ1v) is 7.79. The molecule has 7 heteroatoms. The lowest BCUT2D eigenvalue weighted by molar-refractivity contribution is -0.123. The minimum atomic E-state index is -0.990. The molecule has 26 heavy (non-hydrogen) atoms. The van der Waals surface area contributed by atoms with Gasteiger partial charge in [-0.1, -0.05) is 0 Å². The van der Waals surface area contributed by atoms with Gasteiger partial charge in [-0.3, -0.25) is 14.8 Å². The topological polar surface area (TPSA) is 105 Å². The number of carbonyl (C=O) groups is 2. The Kier molecular flexibility index (Phi) is 4.85. The second-order valence-corrected chi connectivity index (χ2v) is 5.49. The van der Waals surface area contributed by atoms with Gasteiger partial charge in [0.15, 0.2) is 6.10 Å². The van der Waals surface area contributed by atoms with Crippen molar-refractivity contribution in [3.05, 3.63) is 66.0 Å². The molecule has 0 aliphatic carbocycles. The fraction of sp³-hybridized carbons (Fsp3) is 0.105. The highest BCUT2D eigenvalue weighted by atomic mass is 16.5. The number of nitriles is 1. The van der Waals surface area contributed by atoms with Crippen LogP contribution in [-0.4, -0.2) is 27.9 Å². The number of fused-ring (bicyclic) bond motifs is 1. The summed E-state index contributed by atoms with van der Waals surface area (Å²) in [6.07, 6.45) is 2.11. The van der Waals surface area contributed by atoms with Crippen molar-refractivity contribution in [2.75, 3.05) is 5.32 Å². The summed E-state index contributed by atoms with van der Waals surface area (Å²) in [5, 5.41) is 11.4. The van der Waals surface area contributed by atoms with Crippen molar-refractivity contribution in [2.24, 2.45) is 0 Å². The van der Waals surface area contributed by atoms with E-state index in [4.69, 9.17) is 10.00 Å². The predicted molar refractivity (Wildman–Crippen MR) is 94.2 cm³/mol. The van der Waals surface area contributed by atoms with E-state index in [2.05, 4.69) is 15.3 Å². The van der Waals surface area contributed by atoms with E-state index in [0.717, 1.165) is 0 Å². The molecule has 0 saturated carbocycles. The molecule has 0 radical (unpaired) electrons. The molecule has 1 N–H and O–H groups in total. The van der Waals surface area contributed by atoms with Gasteiger partial charge in [0.05, 0.1) is 28.2 Å². The van der Waals surface area contributed by atoms with Crippen molar-refractivity contribution in [3.8, 4) is 6.07 Å². The van der Waals surface area contributed by atoms with Gasteiger partial charge in [0.25, 0.3) is 5.91 Å². The minimum absolute atomic E-state index is 0.288. The van der Waals surface area contributed by atoms with Crippen molar-refractivity contribution in [2.45, 2.75) is 13.0 Å². The van der Waals surface area contributed by atoms with Crippen LogP contribution in [0.5, 0.6) is 0 Å². The maximum Gasteiger partial charge on any atom is 0.338 e. The van der Waals surface area contributed by atoms with Crippen LogP contribution < -0.4 is 5.32 Å². The van der Waals surface area contributed by atoms with Crippen LogP contribution in [0.3, 0.4) is 0 Å². The number of nitrogens with zero attached hydrogens (tertiary/aromatic N) is 3. The summed E-state index contributed by atoms with van der Waals surface area (Å²) in [7, 11) is 0. The van der Waals surface area contributed by atoms with Gasteiger partial charge in [-0.15, -0.1) is 0 Å². The number of nitrogens with one attached hydrogen (secondary N) is 1. The largest absolute Gasteiger partial charge is 0.449 e. The zero-order valence-electron chi connectivity index (χ0n) is 13.8. The highest BCUT2D eigenvalue weighted by molar-refractivity contribution is 5.98. The van der Waals surface area contributed by atoms with Crippen LogP contribution in [0, 0.1) is 11.3 Å². The molecule has 0 saturated heterocycles. The third-order valence-corrected chi connectivity index (χ3v) is 3.64. The number of amides is 1. The molecule has 128 valence electrons. The van der Waals surface area contributed by atoms with Gasteiger partial charge in [0.1, 0.15) is 0 Å². The van der Waals surface area contributed by atoms with Crippen LogP contribution in [0.2, 0.25) is 0 Å². The first-order chi connectivity index (χ1) is 12.6. The highest BCUT2D eigenvalue weighted by Gasteiger charge is 2.19. The van der Waals surface area contributed by atoms with E-state index in [1.807, 2.05) is 6.07 Å². The fourth-order valence-corrected chi connectivity index (χ4v) is 2.24. The lowest BCUT2D eigenvalue weighted by atomic mass is 10.2. The number of rotatable bonds is 4. The molecule has 0 fully saturated rings. The molecule has 0 aliphatic rings. The Hall–Kier alpha value is -3.79. The van der Waals surface area contributed by atoms with Gasteiger partial charge < -0.3 is 10.1 Å². The molecule has 0 unspecified atom stereocenters. The number of benzene rings is 2. The number of hydrogen-bond donors (Lipinski definition) is 1. The summed E-state index contributed by atoms with van der Waals surface area (Å²) >= 11 is 0. The second-order valence-electron chi connectivity index (χ2n) is 5.49. The van der Waals surface area contributed by atoms with Crippen molar-refractivity contribution in [1.29, 1.82) is 5.26 Å². The molecule has 3 aromatic rings. The molecule has 1 atom stereocenters. The molecule has 0 aliphatic heterocycles. The van der Waals surface area contributed by atoms with Gasteiger partial charge >= 0.3 is 5.97 Å². The average molecular weight is 346 g/mol. The van der Waals surface area contributed by atoms with Crippen LogP contribution >= 0.6 is 0 Å².